The van der Waals surface area contributed by atoms with E-state index in [1.807, 2.05) is 0 Å². The predicted molar refractivity (Wildman–Crippen MR) is 110 cm³/mol. The molecule has 2 heteroatoms. The number of rotatable bonds is 1. The average molecular weight is 332 g/mol. The zero-order valence-electron chi connectivity index (χ0n) is 14.1. The monoisotopic (exact) mass is 332 g/mol. The van der Waals surface area contributed by atoms with Crippen LogP contribution in [0.5, 0.6) is 0 Å². The van der Waals surface area contributed by atoms with Crippen molar-refractivity contribution in [2.75, 3.05) is 0 Å². The van der Waals surface area contributed by atoms with Crippen molar-refractivity contribution in [3.63, 3.8) is 0 Å². The Kier molecular flexibility index (Phi) is 2.64. The van der Waals surface area contributed by atoms with Gasteiger partial charge in [0.15, 0.2) is 0 Å². The van der Waals surface area contributed by atoms with Crippen LogP contribution >= 0.6 is 0 Å². The Bertz CT molecular complexity index is 1430. The highest BCUT2D eigenvalue weighted by Gasteiger charge is 2.17. The van der Waals surface area contributed by atoms with Gasteiger partial charge < -0.3 is 9.38 Å². The van der Waals surface area contributed by atoms with Crippen molar-refractivity contribution >= 4 is 38.2 Å². The van der Waals surface area contributed by atoms with Gasteiger partial charge in [-0.25, -0.2) is 0 Å². The molecule has 0 fully saturated rings. The number of aromatic nitrogens is 2. The van der Waals surface area contributed by atoms with Gasteiger partial charge in [0.1, 0.15) is 0 Å². The molecule has 0 saturated heterocycles. The molecule has 3 aromatic carbocycles. The van der Waals surface area contributed by atoms with E-state index in [2.05, 4.69) is 101 Å². The van der Waals surface area contributed by atoms with Crippen molar-refractivity contribution in [3.05, 3.63) is 91.1 Å². The number of aromatic amines is 1. The summed E-state index contributed by atoms with van der Waals surface area (Å²) in [4.78, 5) is 3.66. The third kappa shape index (κ3) is 1.76. The topological polar surface area (TPSA) is 20.2 Å². The molecule has 2 nitrogen and oxygen atoms in total. The van der Waals surface area contributed by atoms with E-state index < -0.39 is 0 Å². The molecule has 26 heavy (non-hydrogen) atoms. The zero-order chi connectivity index (χ0) is 17.1. The summed E-state index contributed by atoms with van der Waals surface area (Å²) in [5.41, 5.74) is 7.37. The van der Waals surface area contributed by atoms with Crippen molar-refractivity contribution in [2.45, 2.75) is 0 Å². The fraction of sp³-hybridized carbons (Fsp3) is 0. The van der Waals surface area contributed by atoms with Gasteiger partial charge in [-0.1, -0.05) is 60.7 Å². The number of pyridine rings is 1. The summed E-state index contributed by atoms with van der Waals surface area (Å²) in [7, 11) is 0. The first-order valence-corrected chi connectivity index (χ1v) is 8.89. The van der Waals surface area contributed by atoms with Gasteiger partial charge in [0.25, 0.3) is 0 Å². The predicted octanol–water partition coefficient (Wildman–Crippen LogP) is 6.39. The third-order valence-electron chi connectivity index (χ3n) is 5.32. The molecule has 0 aliphatic heterocycles. The smallest absolute Gasteiger partial charge is 0.0793 e. The number of nitrogens with one attached hydrogen (secondary N) is 1. The van der Waals surface area contributed by atoms with Gasteiger partial charge in [-0.2, -0.15) is 0 Å². The largest absolute Gasteiger partial charge is 0.353 e. The lowest BCUT2D eigenvalue weighted by Gasteiger charge is -2.04. The Morgan fingerprint density at radius 2 is 1.50 bits per heavy atom. The van der Waals surface area contributed by atoms with Crippen LogP contribution < -0.4 is 0 Å². The van der Waals surface area contributed by atoms with Crippen molar-refractivity contribution < 1.29 is 0 Å². The summed E-state index contributed by atoms with van der Waals surface area (Å²) in [6.07, 6.45) is 2.16. The molecule has 0 bridgehead atoms. The second-order valence-electron chi connectivity index (χ2n) is 6.79. The number of fused-ring (bicyclic) bond motifs is 6. The summed E-state index contributed by atoms with van der Waals surface area (Å²) in [5.74, 6) is 0. The second-order valence-corrected chi connectivity index (χ2v) is 6.79. The first-order chi connectivity index (χ1) is 12.9. The quantitative estimate of drug-likeness (QED) is 0.360. The normalized spacial score (nSPS) is 11.8. The van der Waals surface area contributed by atoms with Crippen LogP contribution in [0.2, 0.25) is 0 Å². The molecule has 0 aliphatic rings. The highest BCUT2D eigenvalue weighted by atomic mass is 14.9. The Labute approximate surface area is 150 Å². The van der Waals surface area contributed by atoms with E-state index in [0.717, 1.165) is 0 Å². The minimum absolute atomic E-state index is 1.18. The van der Waals surface area contributed by atoms with Crippen LogP contribution in [0.1, 0.15) is 0 Å². The molecule has 3 aromatic heterocycles. The SMILES string of the molecule is c1ccc2cc(-c3c4[nH]c5ccccc5c4n4ccccc34)ccc2c1. The fourth-order valence-corrected chi connectivity index (χ4v) is 4.17. The summed E-state index contributed by atoms with van der Waals surface area (Å²) in [6, 6.07) is 30.2. The van der Waals surface area contributed by atoms with Gasteiger partial charge in [-0.05, 0) is 40.6 Å². The van der Waals surface area contributed by atoms with Crippen LogP contribution in [0.15, 0.2) is 91.1 Å². The minimum Gasteiger partial charge on any atom is -0.353 e. The van der Waals surface area contributed by atoms with E-state index in [0.29, 0.717) is 0 Å². The molecule has 0 amide bonds. The Balaban J connectivity index is 1.80. The summed E-state index contributed by atoms with van der Waals surface area (Å²) in [5, 5.41) is 3.80. The Hall–Kier alpha value is -3.52. The molecule has 0 aliphatic carbocycles. The molecule has 6 rings (SSSR count). The number of para-hydroxylation sites is 1. The second kappa shape index (κ2) is 4.99. The lowest BCUT2D eigenvalue weighted by atomic mass is 10.0. The maximum atomic E-state index is 3.66. The molecule has 122 valence electrons. The van der Waals surface area contributed by atoms with E-state index in [9.17, 15) is 0 Å². The van der Waals surface area contributed by atoms with Crippen LogP contribution in [-0.4, -0.2) is 9.38 Å². The van der Waals surface area contributed by atoms with Crippen molar-refractivity contribution in [1.29, 1.82) is 0 Å². The molecule has 0 unspecified atom stereocenters. The number of nitrogens with zero attached hydrogens (tertiary/aromatic N) is 1. The van der Waals surface area contributed by atoms with E-state index in [4.69, 9.17) is 0 Å². The Morgan fingerprint density at radius 3 is 2.46 bits per heavy atom. The highest BCUT2D eigenvalue weighted by molar-refractivity contribution is 6.16. The summed E-state index contributed by atoms with van der Waals surface area (Å²) < 4.78 is 2.30. The molecule has 6 aromatic rings. The van der Waals surface area contributed by atoms with Gasteiger partial charge in [-0.15, -0.1) is 0 Å². The minimum atomic E-state index is 1.18. The molecular weight excluding hydrogens is 316 g/mol. The van der Waals surface area contributed by atoms with Crippen LogP contribution in [0, 0.1) is 0 Å². The molecule has 3 heterocycles. The maximum Gasteiger partial charge on any atom is 0.0793 e. The fourth-order valence-electron chi connectivity index (χ4n) is 4.17. The average Bonchev–Trinajstić information content (AvgIpc) is 3.22. The van der Waals surface area contributed by atoms with Crippen molar-refractivity contribution in [3.8, 4) is 11.1 Å². The standard InChI is InChI=1S/C24H16N2/c1-2-8-17-15-18(13-12-16(17)7-1)22-21-11-5-6-14-26(21)24-19-9-3-4-10-20(19)25-23(22)24/h1-15,25H. The van der Waals surface area contributed by atoms with E-state index in [1.54, 1.807) is 0 Å². The number of hydrogen-bond acceptors (Lipinski definition) is 0. The van der Waals surface area contributed by atoms with Crippen molar-refractivity contribution in [1.82, 2.24) is 9.38 Å². The first kappa shape index (κ1) is 13.7. The summed E-state index contributed by atoms with van der Waals surface area (Å²) in [6.45, 7) is 0. The summed E-state index contributed by atoms with van der Waals surface area (Å²) >= 11 is 0. The van der Waals surface area contributed by atoms with Crippen LogP contribution in [0.25, 0.3) is 49.4 Å². The first-order valence-electron chi connectivity index (χ1n) is 8.89. The van der Waals surface area contributed by atoms with Gasteiger partial charge in [0.2, 0.25) is 0 Å². The molecule has 0 spiro atoms. The van der Waals surface area contributed by atoms with Gasteiger partial charge in [0, 0.05) is 22.7 Å². The lowest BCUT2D eigenvalue weighted by Crippen LogP contribution is -1.84. The van der Waals surface area contributed by atoms with Crippen LogP contribution in [0.4, 0.5) is 0 Å². The Morgan fingerprint density at radius 1 is 0.692 bits per heavy atom. The van der Waals surface area contributed by atoms with Gasteiger partial charge >= 0.3 is 0 Å². The molecule has 0 atom stereocenters. The highest BCUT2D eigenvalue weighted by Crippen LogP contribution is 2.39. The molecule has 0 radical (unpaired) electrons. The third-order valence-corrected chi connectivity index (χ3v) is 5.32. The number of benzene rings is 3. The maximum absolute atomic E-state index is 3.66. The van der Waals surface area contributed by atoms with Crippen molar-refractivity contribution in [2.24, 2.45) is 0 Å². The van der Waals surface area contributed by atoms with E-state index in [-0.39, 0.29) is 0 Å². The molecule has 0 saturated carbocycles. The number of H-pyrrole nitrogens is 1. The van der Waals surface area contributed by atoms with Crippen LogP contribution in [-0.2, 0) is 0 Å². The zero-order valence-corrected chi connectivity index (χ0v) is 14.1. The molecular formula is C24H16N2. The van der Waals surface area contributed by atoms with Crippen LogP contribution in [0.3, 0.4) is 0 Å². The van der Waals surface area contributed by atoms with E-state index >= 15 is 0 Å². The van der Waals surface area contributed by atoms with Gasteiger partial charge in [-0.3, -0.25) is 0 Å². The van der Waals surface area contributed by atoms with E-state index in [1.165, 1.54) is 49.4 Å². The number of hydrogen-bond donors (Lipinski definition) is 1. The molecule has 1 N–H and O–H groups in total. The lowest BCUT2D eigenvalue weighted by molar-refractivity contribution is 1.26. The van der Waals surface area contributed by atoms with Gasteiger partial charge in [0.05, 0.1) is 16.6 Å².